The molecule has 1 aliphatic heterocycles. The smallest absolute Gasteiger partial charge is 0.148 e. The first kappa shape index (κ1) is 13.0. The summed E-state index contributed by atoms with van der Waals surface area (Å²) in [6.07, 6.45) is 1.84. The number of nitrogens with zero attached hydrogens (tertiary/aromatic N) is 2. The van der Waals surface area contributed by atoms with E-state index in [9.17, 15) is 0 Å². The van der Waals surface area contributed by atoms with Crippen molar-refractivity contribution in [2.45, 2.75) is 0 Å². The maximum absolute atomic E-state index is 5.44. The Hall–Kier alpha value is -2.01. The standard InChI is InChI=1S/C15H19N3O2/c1-19-11-9-12-13(18-7-5-16-6-8-18)3-4-17-15(12)14(10-11)20-2/h3-4,9-10,16H,5-8H2,1-2H3. The lowest BCUT2D eigenvalue weighted by Gasteiger charge is -2.30. The summed E-state index contributed by atoms with van der Waals surface area (Å²) in [7, 11) is 3.33. The van der Waals surface area contributed by atoms with Crippen molar-refractivity contribution in [1.82, 2.24) is 10.3 Å². The Morgan fingerprint density at radius 2 is 1.95 bits per heavy atom. The lowest BCUT2D eigenvalue weighted by molar-refractivity contribution is 0.397. The molecule has 5 nitrogen and oxygen atoms in total. The van der Waals surface area contributed by atoms with Crippen molar-refractivity contribution in [3.05, 3.63) is 24.4 Å². The quantitative estimate of drug-likeness (QED) is 0.921. The van der Waals surface area contributed by atoms with Crippen LogP contribution in [0.5, 0.6) is 11.5 Å². The van der Waals surface area contributed by atoms with E-state index in [0.717, 1.165) is 48.6 Å². The number of nitrogens with one attached hydrogen (secondary N) is 1. The summed E-state index contributed by atoms with van der Waals surface area (Å²) in [6, 6.07) is 5.96. The van der Waals surface area contributed by atoms with Gasteiger partial charge in [-0.2, -0.15) is 0 Å². The normalized spacial score (nSPS) is 15.4. The highest BCUT2D eigenvalue weighted by molar-refractivity contribution is 5.96. The van der Waals surface area contributed by atoms with Gasteiger partial charge in [0.2, 0.25) is 0 Å². The van der Waals surface area contributed by atoms with Gasteiger partial charge in [0.1, 0.15) is 17.0 Å². The molecule has 1 N–H and O–H groups in total. The first-order chi connectivity index (χ1) is 9.83. The lowest BCUT2D eigenvalue weighted by atomic mass is 10.1. The van der Waals surface area contributed by atoms with Crippen LogP contribution in [0.3, 0.4) is 0 Å². The molecule has 0 unspecified atom stereocenters. The van der Waals surface area contributed by atoms with Crippen LogP contribution < -0.4 is 19.7 Å². The monoisotopic (exact) mass is 273 g/mol. The number of methoxy groups -OCH3 is 2. The summed E-state index contributed by atoms with van der Waals surface area (Å²) >= 11 is 0. The predicted molar refractivity (Wildman–Crippen MR) is 79.9 cm³/mol. The molecule has 106 valence electrons. The van der Waals surface area contributed by atoms with E-state index < -0.39 is 0 Å². The minimum absolute atomic E-state index is 0.747. The fourth-order valence-corrected chi connectivity index (χ4v) is 2.64. The van der Waals surface area contributed by atoms with Gasteiger partial charge in [0.15, 0.2) is 0 Å². The van der Waals surface area contributed by atoms with Gasteiger partial charge < -0.3 is 19.7 Å². The number of hydrogen-bond donors (Lipinski definition) is 1. The third-order valence-corrected chi connectivity index (χ3v) is 3.67. The van der Waals surface area contributed by atoms with E-state index in [2.05, 4.69) is 21.3 Å². The third kappa shape index (κ3) is 2.25. The average Bonchev–Trinajstić information content (AvgIpc) is 2.54. The molecule has 0 atom stereocenters. The minimum Gasteiger partial charge on any atom is -0.497 e. The third-order valence-electron chi connectivity index (χ3n) is 3.67. The molecule has 5 heteroatoms. The van der Waals surface area contributed by atoms with Gasteiger partial charge in [-0.05, 0) is 12.1 Å². The molecule has 1 aliphatic rings. The highest BCUT2D eigenvalue weighted by Crippen LogP contribution is 2.35. The molecule has 0 saturated carbocycles. The average molecular weight is 273 g/mol. The Bertz CT molecular complexity index is 609. The SMILES string of the molecule is COc1cc(OC)c2nccc(N3CCNCC3)c2c1. The summed E-state index contributed by atoms with van der Waals surface area (Å²) in [6.45, 7) is 4.01. The van der Waals surface area contributed by atoms with Crippen LogP contribution in [0.25, 0.3) is 10.9 Å². The van der Waals surface area contributed by atoms with Gasteiger partial charge in [-0.25, -0.2) is 0 Å². The summed E-state index contributed by atoms with van der Waals surface area (Å²) in [5.74, 6) is 1.54. The number of benzene rings is 1. The van der Waals surface area contributed by atoms with Gasteiger partial charge in [0.25, 0.3) is 0 Å². The molecule has 0 amide bonds. The molecule has 0 spiro atoms. The maximum atomic E-state index is 5.44. The Balaban J connectivity index is 2.16. The summed E-state index contributed by atoms with van der Waals surface area (Å²) in [5, 5.41) is 4.45. The zero-order valence-electron chi connectivity index (χ0n) is 11.8. The molecule has 3 rings (SSSR count). The Kier molecular flexibility index (Phi) is 3.60. The number of anilines is 1. The van der Waals surface area contributed by atoms with Crippen LogP contribution in [0, 0.1) is 0 Å². The van der Waals surface area contributed by atoms with Gasteiger partial charge in [-0.1, -0.05) is 0 Å². The molecular weight excluding hydrogens is 254 g/mol. The first-order valence-electron chi connectivity index (χ1n) is 6.80. The van der Waals surface area contributed by atoms with Crippen molar-refractivity contribution in [3.63, 3.8) is 0 Å². The second-order valence-electron chi connectivity index (χ2n) is 4.79. The van der Waals surface area contributed by atoms with E-state index >= 15 is 0 Å². The van der Waals surface area contributed by atoms with Crippen molar-refractivity contribution < 1.29 is 9.47 Å². The van der Waals surface area contributed by atoms with E-state index in [4.69, 9.17) is 9.47 Å². The molecule has 2 aromatic rings. The number of piperazine rings is 1. The minimum atomic E-state index is 0.747. The second-order valence-corrected chi connectivity index (χ2v) is 4.79. The van der Waals surface area contributed by atoms with Crippen LogP contribution in [-0.2, 0) is 0 Å². The van der Waals surface area contributed by atoms with E-state index in [1.165, 1.54) is 5.69 Å². The number of ether oxygens (including phenoxy) is 2. The summed E-state index contributed by atoms with van der Waals surface area (Å²) in [5.41, 5.74) is 2.07. The van der Waals surface area contributed by atoms with Gasteiger partial charge in [-0.15, -0.1) is 0 Å². The Morgan fingerprint density at radius 3 is 2.65 bits per heavy atom. The summed E-state index contributed by atoms with van der Waals surface area (Å²) < 4.78 is 10.8. The zero-order chi connectivity index (χ0) is 13.9. The van der Waals surface area contributed by atoms with Crippen molar-refractivity contribution in [1.29, 1.82) is 0 Å². The van der Waals surface area contributed by atoms with Crippen molar-refractivity contribution in [2.24, 2.45) is 0 Å². The van der Waals surface area contributed by atoms with Crippen LogP contribution in [0.4, 0.5) is 5.69 Å². The molecule has 1 saturated heterocycles. The summed E-state index contributed by atoms with van der Waals surface area (Å²) in [4.78, 5) is 6.83. The van der Waals surface area contributed by atoms with Crippen molar-refractivity contribution >= 4 is 16.6 Å². The van der Waals surface area contributed by atoms with Crippen LogP contribution in [0.15, 0.2) is 24.4 Å². The van der Waals surface area contributed by atoms with Crippen LogP contribution in [-0.4, -0.2) is 45.4 Å². The van der Waals surface area contributed by atoms with Crippen LogP contribution in [0.2, 0.25) is 0 Å². The highest BCUT2D eigenvalue weighted by atomic mass is 16.5. The fraction of sp³-hybridized carbons (Fsp3) is 0.400. The van der Waals surface area contributed by atoms with Gasteiger partial charge in [0, 0.05) is 49.5 Å². The topological polar surface area (TPSA) is 46.6 Å². The van der Waals surface area contributed by atoms with E-state index in [-0.39, 0.29) is 0 Å². The zero-order valence-corrected chi connectivity index (χ0v) is 11.8. The van der Waals surface area contributed by atoms with Crippen molar-refractivity contribution in [3.8, 4) is 11.5 Å². The molecule has 0 radical (unpaired) electrons. The molecular formula is C15H19N3O2. The predicted octanol–water partition coefficient (Wildman–Crippen LogP) is 1.66. The largest absolute Gasteiger partial charge is 0.497 e. The highest BCUT2D eigenvalue weighted by Gasteiger charge is 2.16. The molecule has 1 aromatic heterocycles. The number of aromatic nitrogens is 1. The van der Waals surface area contributed by atoms with Crippen LogP contribution >= 0.6 is 0 Å². The number of rotatable bonds is 3. The van der Waals surface area contributed by atoms with E-state index in [0.29, 0.717) is 0 Å². The molecule has 0 bridgehead atoms. The maximum Gasteiger partial charge on any atom is 0.148 e. The van der Waals surface area contributed by atoms with E-state index in [1.54, 1.807) is 14.2 Å². The lowest BCUT2D eigenvalue weighted by Crippen LogP contribution is -2.43. The van der Waals surface area contributed by atoms with E-state index in [1.807, 2.05) is 18.3 Å². The molecule has 1 fully saturated rings. The fourth-order valence-electron chi connectivity index (χ4n) is 2.64. The molecule has 0 aliphatic carbocycles. The van der Waals surface area contributed by atoms with Gasteiger partial charge in [-0.3, -0.25) is 4.98 Å². The molecule has 2 heterocycles. The molecule has 1 aromatic carbocycles. The first-order valence-corrected chi connectivity index (χ1v) is 6.80. The van der Waals surface area contributed by atoms with Gasteiger partial charge in [0.05, 0.1) is 14.2 Å². The Morgan fingerprint density at radius 1 is 1.15 bits per heavy atom. The number of fused-ring (bicyclic) bond motifs is 1. The second kappa shape index (κ2) is 5.54. The van der Waals surface area contributed by atoms with Crippen LogP contribution in [0.1, 0.15) is 0 Å². The Labute approximate surface area is 118 Å². The van der Waals surface area contributed by atoms with Crippen molar-refractivity contribution in [2.75, 3.05) is 45.3 Å². The number of hydrogen-bond acceptors (Lipinski definition) is 5. The molecule has 20 heavy (non-hydrogen) atoms. The van der Waals surface area contributed by atoms with Gasteiger partial charge >= 0.3 is 0 Å². The number of pyridine rings is 1.